The van der Waals surface area contributed by atoms with Gasteiger partial charge in [0.15, 0.2) is 0 Å². The predicted molar refractivity (Wildman–Crippen MR) is 72.1 cm³/mol. The zero-order valence-electron chi connectivity index (χ0n) is 11.4. The highest BCUT2D eigenvalue weighted by atomic mass is 16.4. The molecular formula is C12H15N5O3. The third-order valence-corrected chi connectivity index (χ3v) is 2.96. The van der Waals surface area contributed by atoms with Crippen LogP contribution in [0.2, 0.25) is 0 Å². The van der Waals surface area contributed by atoms with Gasteiger partial charge >= 0.3 is 5.97 Å². The Morgan fingerprint density at radius 1 is 1.35 bits per heavy atom. The Morgan fingerprint density at radius 3 is 2.60 bits per heavy atom. The lowest BCUT2D eigenvalue weighted by Gasteiger charge is -2.12. The van der Waals surface area contributed by atoms with Gasteiger partial charge in [0.05, 0.1) is 30.3 Å². The summed E-state index contributed by atoms with van der Waals surface area (Å²) in [5, 5.41) is 17.0. The molecule has 0 bridgehead atoms. The van der Waals surface area contributed by atoms with Gasteiger partial charge in [0.25, 0.3) is 5.56 Å². The lowest BCUT2D eigenvalue weighted by atomic mass is 10.2. The van der Waals surface area contributed by atoms with Crippen molar-refractivity contribution in [3.05, 3.63) is 40.1 Å². The lowest BCUT2D eigenvalue weighted by molar-refractivity contribution is 0.0695. The molecule has 0 aliphatic rings. The molecule has 0 saturated heterocycles. The summed E-state index contributed by atoms with van der Waals surface area (Å²) in [4.78, 5) is 24.8. The SMILES string of the molecule is CN(C)c1cnn(Cc2c(C(=O)O)cnn2C)c(=O)c1. The first-order valence-corrected chi connectivity index (χ1v) is 5.89. The minimum Gasteiger partial charge on any atom is -0.478 e. The predicted octanol–water partition coefficient (Wildman–Crippen LogP) is -0.211. The van der Waals surface area contributed by atoms with Gasteiger partial charge in [-0.2, -0.15) is 10.2 Å². The van der Waals surface area contributed by atoms with E-state index in [4.69, 9.17) is 5.11 Å². The first-order chi connectivity index (χ1) is 9.40. The van der Waals surface area contributed by atoms with E-state index in [-0.39, 0.29) is 17.7 Å². The average Bonchev–Trinajstić information content (AvgIpc) is 2.73. The van der Waals surface area contributed by atoms with Crippen molar-refractivity contribution in [2.75, 3.05) is 19.0 Å². The smallest absolute Gasteiger partial charge is 0.339 e. The van der Waals surface area contributed by atoms with Gasteiger partial charge in [-0.25, -0.2) is 9.48 Å². The van der Waals surface area contributed by atoms with Gasteiger partial charge in [-0.15, -0.1) is 0 Å². The molecule has 0 aromatic carbocycles. The number of rotatable bonds is 4. The second-order valence-corrected chi connectivity index (χ2v) is 4.54. The molecule has 0 aliphatic carbocycles. The molecule has 8 nitrogen and oxygen atoms in total. The third kappa shape index (κ3) is 2.53. The number of hydrogen-bond donors (Lipinski definition) is 1. The first-order valence-electron chi connectivity index (χ1n) is 5.89. The van der Waals surface area contributed by atoms with Crippen LogP contribution in [0, 0.1) is 0 Å². The van der Waals surface area contributed by atoms with Crippen LogP contribution < -0.4 is 10.5 Å². The van der Waals surface area contributed by atoms with Crippen LogP contribution in [0.25, 0.3) is 0 Å². The largest absolute Gasteiger partial charge is 0.478 e. The van der Waals surface area contributed by atoms with Crippen LogP contribution >= 0.6 is 0 Å². The van der Waals surface area contributed by atoms with Crippen molar-refractivity contribution in [1.82, 2.24) is 19.6 Å². The van der Waals surface area contributed by atoms with E-state index >= 15 is 0 Å². The molecule has 2 rings (SSSR count). The summed E-state index contributed by atoms with van der Waals surface area (Å²) >= 11 is 0. The quantitative estimate of drug-likeness (QED) is 0.831. The Hall–Kier alpha value is -2.64. The second-order valence-electron chi connectivity index (χ2n) is 4.54. The molecule has 0 radical (unpaired) electrons. The number of nitrogens with zero attached hydrogens (tertiary/aromatic N) is 5. The molecule has 0 fully saturated rings. The van der Waals surface area contributed by atoms with Gasteiger partial charge in [-0.1, -0.05) is 0 Å². The molecule has 1 N–H and O–H groups in total. The lowest BCUT2D eigenvalue weighted by Crippen LogP contribution is -2.26. The normalized spacial score (nSPS) is 10.6. The van der Waals surface area contributed by atoms with E-state index in [9.17, 15) is 9.59 Å². The monoisotopic (exact) mass is 277 g/mol. The number of carboxylic acids is 1. The number of carbonyl (C=O) groups is 1. The van der Waals surface area contributed by atoms with Crippen molar-refractivity contribution in [2.24, 2.45) is 7.05 Å². The third-order valence-electron chi connectivity index (χ3n) is 2.96. The van der Waals surface area contributed by atoms with Gasteiger partial charge in [0.2, 0.25) is 0 Å². The van der Waals surface area contributed by atoms with Gasteiger partial charge < -0.3 is 10.0 Å². The van der Waals surface area contributed by atoms with E-state index in [1.807, 2.05) is 14.1 Å². The van der Waals surface area contributed by atoms with Crippen molar-refractivity contribution in [2.45, 2.75) is 6.54 Å². The summed E-state index contributed by atoms with van der Waals surface area (Å²) in [7, 11) is 5.25. The van der Waals surface area contributed by atoms with Crippen molar-refractivity contribution in [3.63, 3.8) is 0 Å². The molecule has 8 heteroatoms. The first kappa shape index (κ1) is 13.8. The molecule has 106 valence electrons. The van der Waals surface area contributed by atoms with Gasteiger partial charge in [0, 0.05) is 27.2 Å². The van der Waals surface area contributed by atoms with Crippen molar-refractivity contribution < 1.29 is 9.90 Å². The molecule has 2 aromatic heterocycles. The maximum Gasteiger partial charge on any atom is 0.339 e. The van der Waals surface area contributed by atoms with E-state index in [1.54, 1.807) is 18.1 Å². The molecule has 2 aromatic rings. The Morgan fingerprint density at radius 2 is 2.05 bits per heavy atom. The van der Waals surface area contributed by atoms with Crippen LogP contribution in [0.3, 0.4) is 0 Å². The van der Waals surface area contributed by atoms with Crippen LogP contribution in [0.4, 0.5) is 5.69 Å². The summed E-state index contributed by atoms with van der Waals surface area (Å²) in [6.07, 6.45) is 2.81. The molecular weight excluding hydrogens is 262 g/mol. The summed E-state index contributed by atoms with van der Waals surface area (Å²) in [6, 6.07) is 1.45. The Balaban J connectivity index is 2.38. The van der Waals surface area contributed by atoms with Crippen molar-refractivity contribution in [3.8, 4) is 0 Å². The molecule has 2 heterocycles. The van der Waals surface area contributed by atoms with Crippen LogP contribution in [0.1, 0.15) is 16.1 Å². The number of aryl methyl sites for hydroxylation is 1. The van der Waals surface area contributed by atoms with Crippen LogP contribution in [0.15, 0.2) is 23.3 Å². The molecule has 0 saturated carbocycles. The van der Waals surface area contributed by atoms with E-state index < -0.39 is 5.97 Å². The van der Waals surface area contributed by atoms with E-state index in [1.165, 1.54) is 21.6 Å². The number of anilines is 1. The van der Waals surface area contributed by atoms with Crippen molar-refractivity contribution in [1.29, 1.82) is 0 Å². The standard InChI is InChI=1S/C12H15N5O3/c1-15(2)8-4-11(18)17(14-5-8)7-10-9(12(19)20)6-13-16(10)3/h4-6H,7H2,1-3H3,(H,19,20). The molecule has 0 aliphatic heterocycles. The highest BCUT2D eigenvalue weighted by Crippen LogP contribution is 2.09. The maximum atomic E-state index is 12.0. The van der Waals surface area contributed by atoms with Gasteiger partial charge in [-0.3, -0.25) is 9.48 Å². The summed E-state index contributed by atoms with van der Waals surface area (Å²) < 4.78 is 2.63. The number of aromatic nitrogens is 4. The number of hydrogen-bond acceptors (Lipinski definition) is 5. The summed E-state index contributed by atoms with van der Waals surface area (Å²) in [6.45, 7) is 0.0602. The molecule has 0 atom stereocenters. The summed E-state index contributed by atoms with van der Waals surface area (Å²) in [5.74, 6) is -1.08. The topological polar surface area (TPSA) is 93.2 Å². The minimum absolute atomic E-state index is 0.0602. The molecule has 0 unspecified atom stereocenters. The van der Waals surface area contributed by atoms with Gasteiger partial charge in [-0.05, 0) is 0 Å². The molecule has 0 spiro atoms. The highest BCUT2D eigenvalue weighted by Gasteiger charge is 2.16. The number of aromatic carboxylic acids is 1. The second kappa shape index (κ2) is 5.16. The zero-order valence-corrected chi connectivity index (χ0v) is 11.4. The van der Waals surface area contributed by atoms with E-state index in [0.717, 1.165) is 0 Å². The minimum atomic E-state index is -1.08. The zero-order chi connectivity index (χ0) is 14.9. The fraction of sp³-hybridized carbons (Fsp3) is 0.333. The van der Waals surface area contributed by atoms with Crippen LogP contribution in [-0.4, -0.2) is 44.7 Å². The maximum absolute atomic E-state index is 12.0. The van der Waals surface area contributed by atoms with E-state index in [2.05, 4.69) is 10.2 Å². The average molecular weight is 277 g/mol. The summed E-state index contributed by atoms with van der Waals surface area (Å²) in [5.41, 5.74) is 0.881. The van der Waals surface area contributed by atoms with Crippen LogP contribution in [-0.2, 0) is 13.6 Å². The number of carboxylic acid groups (broad SMARTS) is 1. The fourth-order valence-electron chi connectivity index (χ4n) is 1.76. The Kier molecular flexibility index (Phi) is 3.55. The fourth-order valence-corrected chi connectivity index (χ4v) is 1.76. The van der Waals surface area contributed by atoms with E-state index in [0.29, 0.717) is 11.4 Å². The molecule has 20 heavy (non-hydrogen) atoms. The highest BCUT2D eigenvalue weighted by molar-refractivity contribution is 5.88. The van der Waals surface area contributed by atoms with Crippen molar-refractivity contribution >= 4 is 11.7 Å². The Bertz CT molecular complexity index is 701. The molecule has 0 amide bonds. The van der Waals surface area contributed by atoms with Crippen LogP contribution in [0.5, 0.6) is 0 Å². The van der Waals surface area contributed by atoms with Gasteiger partial charge in [0.1, 0.15) is 5.56 Å². The Labute approximate surface area is 114 Å².